The monoisotopic (exact) mass is 489 g/mol. The van der Waals surface area contributed by atoms with Crippen LogP contribution in [0.3, 0.4) is 0 Å². The average molecular weight is 489 g/mol. The highest BCUT2D eigenvalue weighted by Gasteiger charge is 2.14. The molecule has 0 unspecified atom stereocenters. The summed E-state index contributed by atoms with van der Waals surface area (Å²) in [5.74, 6) is -1.78. The van der Waals surface area contributed by atoms with Crippen LogP contribution < -0.4 is 20.8 Å². The van der Waals surface area contributed by atoms with Crippen LogP contribution in [0.5, 0.6) is 5.75 Å². The first-order valence-electron chi connectivity index (χ1n) is 10.8. The van der Waals surface area contributed by atoms with Crippen LogP contribution in [0.2, 0.25) is 0 Å². The summed E-state index contributed by atoms with van der Waals surface area (Å²) >= 11 is 0. The molecule has 0 saturated carbocycles. The van der Waals surface area contributed by atoms with Crippen molar-refractivity contribution in [3.63, 3.8) is 0 Å². The minimum atomic E-state index is -1.01. The molecule has 0 aliphatic carbocycles. The molecule has 36 heavy (non-hydrogen) atoms. The molecular weight excluding hydrogens is 466 g/mol. The summed E-state index contributed by atoms with van der Waals surface area (Å²) in [5.41, 5.74) is 3.78. The Morgan fingerprint density at radius 2 is 1.64 bits per heavy atom. The molecule has 3 aromatic carbocycles. The largest absolute Gasteiger partial charge is 0.484 e. The summed E-state index contributed by atoms with van der Waals surface area (Å²) in [5, 5.41) is 19.6. The van der Waals surface area contributed by atoms with Crippen molar-refractivity contribution >= 4 is 35.3 Å². The highest BCUT2D eigenvalue weighted by Crippen LogP contribution is 2.15. The van der Waals surface area contributed by atoms with E-state index in [1.165, 1.54) is 30.5 Å². The van der Waals surface area contributed by atoms with E-state index in [0.717, 1.165) is 5.56 Å². The van der Waals surface area contributed by atoms with Crippen LogP contribution in [-0.4, -0.2) is 35.5 Å². The number of ether oxygens (including phenoxy) is 1. The molecule has 184 valence electrons. The number of benzene rings is 3. The molecule has 0 aliphatic rings. The van der Waals surface area contributed by atoms with Crippen LogP contribution in [0.25, 0.3) is 0 Å². The fraction of sp³-hybridized carbons (Fsp3) is 0.120. The van der Waals surface area contributed by atoms with Crippen LogP contribution in [-0.2, 0) is 14.4 Å². The van der Waals surface area contributed by atoms with Gasteiger partial charge in [-0.3, -0.25) is 24.5 Å². The Hall–Kier alpha value is -5.06. The van der Waals surface area contributed by atoms with Gasteiger partial charge >= 0.3 is 11.8 Å². The van der Waals surface area contributed by atoms with Gasteiger partial charge in [-0.1, -0.05) is 30.3 Å². The fourth-order valence-electron chi connectivity index (χ4n) is 2.98. The summed E-state index contributed by atoms with van der Waals surface area (Å²) < 4.78 is 5.49. The predicted octanol–water partition coefficient (Wildman–Crippen LogP) is 2.94. The molecule has 0 spiro atoms. The van der Waals surface area contributed by atoms with Crippen LogP contribution >= 0.6 is 0 Å². The number of carbonyl (C=O) groups excluding carboxylic acids is 3. The Morgan fingerprint density at radius 3 is 2.28 bits per heavy atom. The van der Waals surface area contributed by atoms with Crippen molar-refractivity contribution in [1.82, 2.24) is 10.7 Å². The number of hydrogen-bond acceptors (Lipinski definition) is 7. The van der Waals surface area contributed by atoms with Gasteiger partial charge in [-0.25, -0.2) is 5.43 Å². The highest BCUT2D eigenvalue weighted by atomic mass is 16.6. The van der Waals surface area contributed by atoms with Gasteiger partial charge in [-0.15, -0.1) is 0 Å². The van der Waals surface area contributed by atoms with Crippen molar-refractivity contribution in [1.29, 1.82) is 0 Å². The van der Waals surface area contributed by atoms with Crippen molar-refractivity contribution < 1.29 is 24.0 Å². The van der Waals surface area contributed by atoms with E-state index in [1.54, 1.807) is 24.3 Å². The number of nitro benzene ring substituents is 1. The van der Waals surface area contributed by atoms with Gasteiger partial charge in [-0.2, -0.15) is 5.10 Å². The number of carbonyl (C=O) groups is 3. The van der Waals surface area contributed by atoms with E-state index < -0.39 is 16.7 Å². The van der Waals surface area contributed by atoms with Crippen molar-refractivity contribution in [2.75, 3.05) is 11.9 Å². The second-order valence-electron chi connectivity index (χ2n) is 7.51. The molecule has 0 aliphatic heterocycles. The van der Waals surface area contributed by atoms with E-state index in [4.69, 9.17) is 4.74 Å². The van der Waals surface area contributed by atoms with Crippen molar-refractivity contribution in [3.05, 3.63) is 100 Å². The smallest absolute Gasteiger partial charge is 0.329 e. The maximum absolute atomic E-state index is 12.1. The molecule has 1 atom stereocenters. The number of anilines is 1. The lowest BCUT2D eigenvalue weighted by atomic mass is 10.1. The fourth-order valence-corrected chi connectivity index (χ4v) is 2.98. The molecule has 3 N–H and O–H groups in total. The zero-order valence-electron chi connectivity index (χ0n) is 19.2. The van der Waals surface area contributed by atoms with E-state index in [1.807, 2.05) is 37.3 Å². The molecular formula is C25H23N5O6. The number of nitrogens with one attached hydrogen (secondary N) is 3. The van der Waals surface area contributed by atoms with Gasteiger partial charge in [-0.05, 0) is 54.4 Å². The summed E-state index contributed by atoms with van der Waals surface area (Å²) in [6.45, 7) is 1.74. The number of hydrogen-bond donors (Lipinski definition) is 3. The molecule has 3 rings (SSSR count). The maximum Gasteiger partial charge on any atom is 0.329 e. The van der Waals surface area contributed by atoms with Gasteiger partial charge in [0.15, 0.2) is 6.61 Å². The predicted molar refractivity (Wildman–Crippen MR) is 132 cm³/mol. The molecule has 11 heteroatoms. The van der Waals surface area contributed by atoms with Crippen molar-refractivity contribution in [2.45, 2.75) is 13.0 Å². The lowest BCUT2D eigenvalue weighted by molar-refractivity contribution is -0.384. The minimum Gasteiger partial charge on any atom is -0.484 e. The second kappa shape index (κ2) is 12.4. The lowest BCUT2D eigenvalue weighted by Gasteiger charge is -2.14. The molecule has 0 radical (unpaired) electrons. The SMILES string of the molecule is C[C@H](NC(=O)COc1ccc(/C=N\NC(=O)C(=O)Nc2ccc([N+](=O)[O-])cc2)cc1)c1ccccc1. The van der Waals surface area contributed by atoms with Crippen molar-refractivity contribution in [2.24, 2.45) is 5.10 Å². The number of amides is 3. The average Bonchev–Trinajstić information content (AvgIpc) is 2.89. The zero-order valence-corrected chi connectivity index (χ0v) is 19.2. The second-order valence-corrected chi connectivity index (χ2v) is 7.51. The van der Waals surface area contributed by atoms with E-state index in [-0.39, 0.29) is 29.9 Å². The number of hydrazone groups is 1. The summed E-state index contributed by atoms with van der Waals surface area (Å²) in [6, 6.07) is 21.1. The highest BCUT2D eigenvalue weighted by molar-refractivity contribution is 6.39. The third-order valence-electron chi connectivity index (χ3n) is 4.85. The van der Waals surface area contributed by atoms with Gasteiger partial charge < -0.3 is 15.4 Å². The molecule has 3 aromatic rings. The van der Waals surface area contributed by atoms with E-state index in [2.05, 4.69) is 21.2 Å². The minimum absolute atomic E-state index is 0.139. The van der Waals surface area contributed by atoms with Gasteiger partial charge in [0.1, 0.15) is 5.75 Å². The number of rotatable bonds is 9. The molecule has 3 amide bonds. The van der Waals surface area contributed by atoms with Crippen LogP contribution in [0.15, 0.2) is 84.0 Å². The normalized spacial score (nSPS) is 11.4. The molecule has 0 saturated heterocycles. The molecule has 11 nitrogen and oxygen atoms in total. The topological polar surface area (TPSA) is 152 Å². The first kappa shape index (κ1) is 25.6. The number of nitro groups is 1. The zero-order chi connectivity index (χ0) is 25.9. The third-order valence-corrected chi connectivity index (χ3v) is 4.85. The van der Waals surface area contributed by atoms with Crippen LogP contribution in [0.4, 0.5) is 11.4 Å². The van der Waals surface area contributed by atoms with Crippen LogP contribution in [0.1, 0.15) is 24.1 Å². The maximum atomic E-state index is 12.1. The van der Waals surface area contributed by atoms with E-state index in [9.17, 15) is 24.5 Å². The van der Waals surface area contributed by atoms with Gasteiger partial charge in [0, 0.05) is 17.8 Å². The van der Waals surface area contributed by atoms with Gasteiger partial charge in [0.2, 0.25) is 0 Å². The molecule has 0 heterocycles. The summed E-state index contributed by atoms with van der Waals surface area (Å²) in [7, 11) is 0. The Morgan fingerprint density at radius 1 is 0.972 bits per heavy atom. The first-order chi connectivity index (χ1) is 17.3. The molecule has 0 aromatic heterocycles. The number of non-ortho nitro benzene ring substituents is 1. The standard InChI is InChI=1S/C25H23N5O6/c1-17(19-5-3-2-4-6-19)27-23(31)16-36-22-13-7-18(8-14-22)15-26-29-25(33)24(32)28-20-9-11-21(12-10-20)30(34)35/h2-15,17H,16H2,1H3,(H,27,31)(H,28,32)(H,29,33)/b26-15-/t17-/m0/s1. The van der Waals surface area contributed by atoms with E-state index >= 15 is 0 Å². The molecule has 0 bridgehead atoms. The Kier molecular flexibility index (Phi) is 8.82. The van der Waals surface area contributed by atoms with Crippen molar-refractivity contribution in [3.8, 4) is 5.75 Å². The van der Waals surface area contributed by atoms with E-state index in [0.29, 0.717) is 11.3 Å². The Labute approximate surface area is 206 Å². The first-order valence-corrected chi connectivity index (χ1v) is 10.8. The Bertz CT molecular complexity index is 1240. The quantitative estimate of drug-likeness (QED) is 0.182. The summed E-state index contributed by atoms with van der Waals surface area (Å²) in [6.07, 6.45) is 1.33. The number of nitrogens with zero attached hydrogens (tertiary/aromatic N) is 2. The van der Waals surface area contributed by atoms with Gasteiger partial charge in [0.05, 0.1) is 17.2 Å². The third kappa shape index (κ3) is 7.76. The summed E-state index contributed by atoms with van der Waals surface area (Å²) in [4.78, 5) is 46.0. The van der Waals surface area contributed by atoms with Gasteiger partial charge in [0.25, 0.3) is 11.6 Å². The van der Waals surface area contributed by atoms with Crippen LogP contribution in [0, 0.1) is 10.1 Å². The molecule has 0 fully saturated rings. The lowest BCUT2D eigenvalue weighted by Crippen LogP contribution is -2.32. The Balaban J connectivity index is 1.41.